The van der Waals surface area contributed by atoms with Gasteiger partial charge in [-0.2, -0.15) is 9.36 Å². The van der Waals surface area contributed by atoms with Crippen molar-refractivity contribution in [3.05, 3.63) is 48.3 Å². The molecule has 0 amide bonds. The lowest BCUT2D eigenvalue weighted by Crippen LogP contribution is -2.42. The highest BCUT2D eigenvalue weighted by Gasteiger charge is 2.29. The van der Waals surface area contributed by atoms with Crippen LogP contribution in [0.4, 0.5) is 10.8 Å². The van der Waals surface area contributed by atoms with Crippen molar-refractivity contribution in [1.29, 1.82) is 0 Å². The van der Waals surface area contributed by atoms with Crippen molar-refractivity contribution < 1.29 is 4.74 Å². The molecule has 0 saturated carbocycles. The molecule has 0 aliphatic carbocycles. The van der Waals surface area contributed by atoms with Gasteiger partial charge < -0.3 is 21.1 Å². The SMILES string of the molecule is C[C@@]1(COc2cccc(N)c2CNc2nc(-c3ccncc3)ns2)CCCN1. The minimum absolute atomic E-state index is 0.0218. The Hall–Kier alpha value is -2.71. The van der Waals surface area contributed by atoms with Crippen LogP contribution >= 0.6 is 11.5 Å². The number of benzene rings is 1. The fourth-order valence-corrected chi connectivity index (χ4v) is 3.89. The fraction of sp³-hybridized carbons (Fsp3) is 0.350. The largest absolute Gasteiger partial charge is 0.491 e. The van der Waals surface area contributed by atoms with Crippen LogP contribution in [0, 0.1) is 0 Å². The van der Waals surface area contributed by atoms with Gasteiger partial charge in [0.2, 0.25) is 5.13 Å². The van der Waals surface area contributed by atoms with Crippen LogP contribution in [0.3, 0.4) is 0 Å². The lowest BCUT2D eigenvalue weighted by atomic mass is 10.0. The van der Waals surface area contributed by atoms with Crippen molar-refractivity contribution >= 4 is 22.4 Å². The monoisotopic (exact) mass is 396 g/mol. The number of aromatic nitrogens is 3. The van der Waals surface area contributed by atoms with Gasteiger partial charge in [-0.25, -0.2) is 0 Å². The smallest absolute Gasteiger partial charge is 0.203 e. The number of nitrogens with two attached hydrogens (primary N) is 1. The molecule has 3 heterocycles. The first kappa shape index (κ1) is 18.6. The molecule has 7 nitrogen and oxygen atoms in total. The Balaban J connectivity index is 1.44. The quantitative estimate of drug-likeness (QED) is 0.527. The molecular weight excluding hydrogens is 372 g/mol. The fourth-order valence-electron chi connectivity index (χ4n) is 3.30. The number of ether oxygens (including phenoxy) is 1. The van der Waals surface area contributed by atoms with E-state index >= 15 is 0 Å². The van der Waals surface area contributed by atoms with Crippen LogP contribution in [0.5, 0.6) is 5.75 Å². The highest BCUT2D eigenvalue weighted by atomic mass is 32.1. The number of pyridine rings is 1. The van der Waals surface area contributed by atoms with E-state index in [0.717, 1.165) is 35.0 Å². The Kier molecular flexibility index (Phi) is 5.40. The van der Waals surface area contributed by atoms with Gasteiger partial charge in [-0.15, -0.1) is 0 Å². The Morgan fingerprint density at radius 1 is 1.29 bits per heavy atom. The summed E-state index contributed by atoms with van der Waals surface area (Å²) in [6, 6.07) is 9.57. The van der Waals surface area contributed by atoms with Gasteiger partial charge in [-0.3, -0.25) is 4.98 Å². The molecule has 0 radical (unpaired) electrons. The molecule has 0 bridgehead atoms. The van der Waals surface area contributed by atoms with Gasteiger partial charge >= 0.3 is 0 Å². The Morgan fingerprint density at radius 3 is 2.93 bits per heavy atom. The van der Waals surface area contributed by atoms with Gasteiger partial charge in [-0.1, -0.05) is 6.07 Å². The van der Waals surface area contributed by atoms with Crippen molar-refractivity contribution in [3.63, 3.8) is 0 Å². The van der Waals surface area contributed by atoms with Gasteiger partial charge in [0.1, 0.15) is 12.4 Å². The van der Waals surface area contributed by atoms with Crippen LogP contribution in [0.15, 0.2) is 42.7 Å². The van der Waals surface area contributed by atoms with Crippen LogP contribution in [0.2, 0.25) is 0 Å². The minimum Gasteiger partial charge on any atom is -0.491 e. The molecule has 4 rings (SSSR count). The highest BCUT2D eigenvalue weighted by Crippen LogP contribution is 2.28. The maximum absolute atomic E-state index is 6.22. The number of nitrogens with one attached hydrogen (secondary N) is 2. The van der Waals surface area contributed by atoms with E-state index in [1.807, 2.05) is 30.3 Å². The van der Waals surface area contributed by atoms with Gasteiger partial charge in [0.05, 0.1) is 0 Å². The van der Waals surface area contributed by atoms with Crippen LogP contribution in [0.1, 0.15) is 25.3 Å². The van der Waals surface area contributed by atoms with Crippen LogP contribution < -0.4 is 21.1 Å². The summed E-state index contributed by atoms with van der Waals surface area (Å²) in [6.07, 6.45) is 5.77. The third-order valence-corrected chi connectivity index (χ3v) is 5.63. The summed E-state index contributed by atoms with van der Waals surface area (Å²) in [7, 11) is 0. The van der Waals surface area contributed by atoms with Crippen molar-refractivity contribution in [1.82, 2.24) is 19.7 Å². The predicted octanol–water partition coefficient (Wildman–Crippen LogP) is 3.32. The number of nitrogen functional groups attached to an aromatic ring is 1. The number of rotatable bonds is 7. The number of nitrogens with zero attached hydrogens (tertiary/aromatic N) is 3. The summed E-state index contributed by atoms with van der Waals surface area (Å²) in [5, 5.41) is 7.59. The summed E-state index contributed by atoms with van der Waals surface area (Å²) >= 11 is 1.32. The van der Waals surface area contributed by atoms with E-state index in [4.69, 9.17) is 10.5 Å². The molecule has 1 saturated heterocycles. The van der Waals surface area contributed by atoms with E-state index in [2.05, 4.69) is 31.9 Å². The molecule has 1 fully saturated rings. The maximum Gasteiger partial charge on any atom is 0.203 e. The lowest BCUT2D eigenvalue weighted by molar-refractivity contribution is 0.211. The first-order valence-corrected chi connectivity index (χ1v) is 10.1. The van der Waals surface area contributed by atoms with E-state index in [1.54, 1.807) is 12.4 Å². The second-order valence-electron chi connectivity index (χ2n) is 7.22. The van der Waals surface area contributed by atoms with E-state index < -0.39 is 0 Å². The molecule has 1 atom stereocenters. The average molecular weight is 397 g/mol. The third-order valence-electron chi connectivity index (χ3n) is 4.95. The normalized spacial score (nSPS) is 18.9. The van der Waals surface area contributed by atoms with Crippen molar-refractivity contribution in [2.45, 2.75) is 31.8 Å². The second kappa shape index (κ2) is 8.12. The van der Waals surface area contributed by atoms with Crippen LogP contribution in [0.25, 0.3) is 11.4 Å². The standard InChI is InChI=1S/C20H24N6OS/c1-20(8-3-9-24-20)13-27-17-5-2-4-16(21)15(17)12-23-19-25-18(26-28-19)14-6-10-22-11-7-14/h2,4-7,10-11,24H,3,8-9,12-13,21H2,1H3,(H,23,25,26)/t20-/m0/s1. The molecule has 8 heteroatoms. The van der Waals surface area contributed by atoms with Crippen molar-refractivity contribution in [3.8, 4) is 17.1 Å². The molecule has 1 aromatic carbocycles. The zero-order valence-corrected chi connectivity index (χ0v) is 16.6. The summed E-state index contributed by atoms with van der Waals surface area (Å²) in [6.45, 7) is 4.39. The van der Waals surface area contributed by atoms with Crippen LogP contribution in [-0.2, 0) is 6.54 Å². The highest BCUT2D eigenvalue weighted by molar-refractivity contribution is 7.09. The first-order chi connectivity index (χ1) is 13.6. The molecular formula is C20H24N6OS. The predicted molar refractivity (Wildman–Crippen MR) is 112 cm³/mol. The average Bonchev–Trinajstić information content (AvgIpc) is 3.36. The number of hydrogen-bond donors (Lipinski definition) is 3. The van der Waals surface area contributed by atoms with E-state index in [1.165, 1.54) is 18.0 Å². The van der Waals surface area contributed by atoms with Gasteiger partial charge in [0, 0.05) is 52.8 Å². The maximum atomic E-state index is 6.22. The summed E-state index contributed by atoms with van der Waals surface area (Å²) in [5.74, 6) is 1.49. The molecule has 3 aromatic rings. The van der Waals surface area contributed by atoms with Crippen molar-refractivity contribution in [2.75, 3.05) is 24.2 Å². The van der Waals surface area contributed by atoms with E-state index in [-0.39, 0.29) is 5.54 Å². The summed E-state index contributed by atoms with van der Waals surface area (Å²) in [4.78, 5) is 8.58. The van der Waals surface area contributed by atoms with Gasteiger partial charge in [0.15, 0.2) is 5.82 Å². The zero-order chi connectivity index (χ0) is 19.4. The molecule has 28 heavy (non-hydrogen) atoms. The molecule has 2 aromatic heterocycles. The molecule has 0 unspecified atom stereocenters. The minimum atomic E-state index is 0.0218. The number of anilines is 2. The topological polar surface area (TPSA) is 98.0 Å². The molecule has 4 N–H and O–H groups in total. The molecule has 1 aliphatic heterocycles. The van der Waals surface area contributed by atoms with E-state index in [0.29, 0.717) is 24.7 Å². The molecule has 1 aliphatic rings. The lowest BCUT2D eigenvalue weighted by Gasteiger charge is -2.25. The Labute approximate surface area is 168 Å². The van der Waals surface area contributed by atoms with Gasteiger partial charge in [-0.05, 0) is 50.6 Å². The third kappa shape index (κ3) is 4.23. The molecule has 146 valence electrons. The number of hydrogen-bond acceptors (Lipinski definition) is 8. The summed E-state index contributed by atoms with van der Waals surface area (Å²) < 4.78 is 10.6. The zero-order valence-electron chi connectivity index (χ0n) is 15.8. The van der Waals surface area contributed by atoms with Crippen molar-refractivity contribution in [2.24, 2.45) is 0 Å². The van der Waals surface area contributed by atoms with Gasteiger partial charge in [0.25, 0.3) is 0 Å². The molecule has 0 spiro atoms. The second-order valence-corrected chi connectivity index (χ2v) is 7.97. The summed E-state index contributed by atoms with van der Waals surface area (Å²) in [5.41, 5.74) is 8.83. The Bertz CT molecular complexity index is 923. The first-order valence-electron chi connectivity index (χ1n) is 9.36. The van der Waals surface area contributed by atoms with Crippen LogP contribution in [-0.4, -0.2) is 33.0 Å². The Morgan fingerprint density at radius 2 is 2.14 bits per heavy atom. The van der Waals surface area contributed by atoms with E-state index in [9.17, 15) is 0 Å².